The molecule has 6 nitrogen and oxygen atoms in total. The van der Waals surface area contributed by atoms with Gasteiger partial charge in [0.25, 0.3) is 0 Å². The molecular formula is C21H19F4N5O. The second-order valence-electron chi connectivity index (χ2n) is 7.09. The predicted molar refractivity (Wildman–Crippen MR) is 105 cm³/mol. The van der Waals surface area contributed by atoms with Crippen LogP contribution in [0.4, 0.5) is 17.6 Å². The molecule has 1 saturated heterocycles. The number of pyridine rings is 1. The summed E-state index contributed by atoms with van der Waals surface area (Å²) in [6.45, 7) is 1.49. The van der Waals surface area contributed by atoms with Gasteiger partial charge in [0, 0.05) is 49.7 Å². The number of benzene rings is 1. The Hall–Kier alpha value is -3.27. The molecular weight excluding hydrogens is 414 g/mol. The van der Waals surface area contributed by atoms with Crippen molar-refractivity contribution in [2.24, 2.45) is 0 Å². The number of alkyl halides is 3. The summed E-state index contributed by atoms with van der Waals surface area (Å²) >= 11 is 0. The lowest BCUT2D eigenvalue weighted by Gasteiger charge is -2.28. The molecule has 10 heteroatoms. The smallest absolute Gasteiger partial charge is 0.339 e. The maximum atomic E-state index is 13.9. The zero-order valence-electron chi connectivity index (χ0n) is 16.4. The van der Waals surface area contributed by atoms with E-state index in [-0.39, 0.29) is 11.4 Å². The molecule has 1 aliphatic heterocycles. The number of rotatable bonds is 4. The Labute approximate surface area is 175 Å². The van der Waals surface area contributed by atoms with Gasteiger partial charge in [-0.05, 0) is 36.4 Å². The van der Waals surface area contributed by atoms with Crippen molar-refractivity contribution in [2.75, 3.05) is 26.2 Å². The first-order chi connectivity index (χ1) is 14.8. The molecule has 0 radical (unpaired) electrons. The molecule has 1 amide bonds. The summed E-state index contributed by atoms with van der Waals surface area (Å²) < 4.78 is 56.1. The zero-order chi connectivity index (χ0) is 22.0. The Balaban J connectivity index is 1.88. The van der Waals surface area contributed by atoms with Crippen molar-refractivity contribution in [2.45, 2.75) is 12.7 Å². The highest BCUT2D eigenvalue weighted by Gasteiger charge is 2.40. The summed E-state index contributed by atoms with van der Waals surface area (Å²) in [5.41, 5.74) is 0.883. The maximum absolute atomic E-state index is 13.9. The van der Waals surface area contributed by atoms with Gasteiger partial charge in [-0.3, -0.25) is 9.78 Å². The normalized spacial score (nSPS) is 14.6. The number of amides is 1. The minimum absolute atomic E-state index is 0.0200. The van der Waals surface area contributed by atoms with Crippen LogP contribution in [0.2, 0.25) is 0 Å². The predicted octanol–water partition coefficient (Wildman–Crippen LogP) is 3.20. The van der Waals surface area contributed by atoms with E-state index in [4.69, 9.17) is 0 Å². The maximum Gasteiger partial charge on any atom is 0.449 e. The van der Waals surface area contributed by atoms with E-state index in [2.05, 4.69) is 15.3 Å². The van der Waals surface area contributed by atoms with Gasteiger partial charge < -0.3 is 14.8 Å². The van der Waals surface area contributed by atoms with Crippen LogP contribution in [-0.2, 0) is 17.5 Å². The Morgan fingerprint density at radius 3 is 2.26 bits per heavy atom. The van der Waals surface area contributed by atoms with Gasteiger partial charge in [0.1, 0.15) is 12.4 Å². The van der Waals surface area contributed by atoms with E-state index in [1.807, 2.05) is 0 Å². The first-order valence-electron chi connectivity index (χ1n) is 9.67. The number of piperazine rings is 1. The summed E-state index contributed by atoms with van der Waals surface area (Å²) in [5.74, 6) is -2.12. The molecule has 1 aromatic carbocycles. The number of halogens is 4. The monoisotopic (exact) mass is 433 g/mol. The SMILES string of the molecule is O=C(Cn1c(C(F)(F)F)nc(-c2ccc(F)cc2)c1-c1ccncc1)N1CCNCC1. The average Bonchev–Trinajstić information content (AvgIpc) is 3.15. The van der Waals surface area contributed by atoms with Crippen LogP contribution in [0.15, 0.2) is 48.8 Å². The topological polar surface area (TPSA) is 63.1 Å². The summed E-state index contributed by atoms with van der Waals surface area (Å²) in [6.07, 6.45) is -1.89. The molecule has 0 spiro atoms. The quantitative estimate of drug-likeness (QED) is 0.642. The van der Waals surface area contributed by atoms with Crippen LogP contribution in [0.1, 0.15) is 5.82 Å². The number of imidazole rings is 1. The fraction of sp³-hybridized carbons (Fsp3) is 0.286. The molecule has 0 aliphatic carbocycles. The molecule has 31 heavy (non-hydrogen) atoms. The summed E-state index contributed by atoms with van der Waals surface area (Å²) in [4.78, 5) is 22.2. The van der Waals surface area contributed by atoms with Crippen molar-refractivity contribution in [1.82, 2.24) is 24.8 Å². The average molecular weight is 433 g/mol. The fourth-order valence-corrected chi connectivity index (χ4v) is 3.58. The van der Waals surface area contributed by atoms with Crippen LogP contribution in [0.25, 0.3) is 22.5 Å². The molecule has 1 fully saturated rings. The van der Waals surface area contributed by atoms with E-state index in [0.29, 0.717) is 37.3 Å². The standard InChI is InChI=1S/C21H19F4N5O/c22-16-3-1-14(2-4-16)18-19(15-5-7-26-8-6-15)30(20(28-18)21(23,24)25)13-17(31)29-11-9-27-10-12-29/h1-8,27H,9-13H2. The number of nitrogens with one attached hydrogen (secondary N) is 1. The molecule has 3 heterocycles. The molecule has 0 atom stereocenters. The van der Waals surface area contributed by atoms with E-state index in [9.17, 15) is 22.4 Å². The lowest BCUT2D eigenvalue weighted by Crippen LogP contribution is -2.47. The van der Waals surface area contributed by atoms with Crippen LogP contribution in [0.5, 0.6) is 0 Å². The van der Waals surface area contributed by atoms with Crippen LogP contribution in [-0.4, -0.2) is 51.5 Å². The molecule has 2 aromatic heterocycles. The third kappa shape index (κ3) is 4.43. The number of carbonyl (C=O) groups excluding carboxylic acids is 1. The number of hydrogen-bond donors (Lipinski definition) is 1. The van der Waals surface area contributed by atoms with E-state index in [1.54, 1.807) is 12.1 Å². The van der Waals surface area contributed by atoms with Crippen molar-refractivity contribution in [1.29, 1.82) is 0 Å². The molecule has 3 aromatic rings. The Morgan fingerprint density at radius 2 is 1.65 bits per heavy atom. The van der Waals surface area contributed by atoms with Crippen molar-refractivity contribution in [3.05, 3.63) is 60.4 Å². The van der Waals surface area contributed by atoms with Crippen LogP contribution in [0, 0.1) is 5.82 Å². The van der Waals surface area contributed by atoms with Gasteiger partial charge >= 0.3 is 6.18 Å². The second-order valence-corrected chi connectivity index (χ2v) is 7.09. The lowest BCUT2D eigenvalue weighted by molar-refractivity contribution is -0.148. The van der Waals surface area contributed by atoms with Gasteiger partial charge in [0.2, 0.25) is 11.7 Å². The van der Waals surface area contributed by atoms with Crippen LogP contribution < -0.4 is 5.32 Å². The highest BCUT2D eigenvalue weighted by molar-refractivity contribution is 5.82. The number of aromatic nitrogens is 3. The highest BCUT2D eigenvalue weighted by atomic mass is 19.4. The van der Waals surface area contributed by atoms with Gasteiger partial charge in [0.05, 0.1) is 11.4 Å². The first-order valence-corrected chi connectivity index (χ1v) is 9.67. The highest BCUT2D eigenvalue weighted by Crippen LogP contribution is 2.38. The van der Waals surface area contributed by atoms with Gasteiger partial charge in [-0.2, -0.15) is 13.2 Å². The Kier molecular flexibility index (Phi) is 5.73. The summed E-state index contributed by atoms with van der Waals surface area (Å²) in [5, 5.41) is 3.11. The van der Waals surface area contributed by atoms with E-state index in [1.165, 1.54) is 29.4 Å². The molecule has 0 bridgehead atoms. The minimum atomic E-state index is -4.79. The van der Waals surface area contributed by atoms with E-state index < -0.39 is 30.3 Å². The Morgan fingerprint density at radius 1 is 1.00 bits per heavy atom. The largest absolute Gasteiger partial charge is 0.449 e. The van der Waals surface area contributed by atoms with Crippen molar-refractivity contribution < 1.29 is 22.4 Å². The fourth-order valence-electron chi connectivity index (χ4n) is 3.58. The minimum Gasteiger partial charge on any atom is -0.339 e. The van der Waals surface area contributed by atoms with Crippen LogP contribution in [0.3, 0.4) is 0 Å². The molecule has 0 unspecified atom stereocenters. The second kappa shape index (κ2) is 8.46. The lowest BCUT2D eigenvalue weighted by atomic mass is 10.1. The molecule has 1 aliphatic rings. The molecule has 0 saturated carbocycles. The number of carbonyl (C=O) groups is 1. The van der Waals surface area contributed by atoms with Gasteiger partial charge in [-0.25, -0.2) is 9.37 Å². The first kappa shape index (κ1) is 21.0. The third-order valence-corrected chi connectivity index (χ3v) is 5.06. The third-order valence-electron chi connectivity index (χ3n) is 5.06. The van der Waals surface area contributed by atoms with E-state index >= 15 is 0 Å². The number of hydrogen-bond acceptors (Lipinski definition) is 4. The molecule has 1 N–H and O–H groups in total. The van der Waals surface area contributed by atoms with E-state index in [0.717, 1.165) is 16.7 Å². The summed E-state index contributed by atoms with van der Waals surface area (Å²) in [6, 6.07) is 8.15. The van der Waals surface area contributed by atoms with Gasteiger partial charge in [-0.1, -0.05) is 0 Å². The van der Waals surface area contributed by atoms with Crippen molar-refractivity contribution >= 4 is 5.91 Å². The summed E-state index contributed by atoms with van der Waals surface area (Å²) in [7, 11) is 0. The van der Waals surface area contributed by atoms with Crippen molar-refractivity contribution in [3.63, 3.8) is 0 Å². The molecule has 162 valence electrons. The van der Waals surface area contributed by atoms with Gasteiger partial charge in [0.15, 0.2) is 0 Å². The molecule has 4 rings (SSSR count). The van der Waals surface area contributed by atoms with Gasteiger partial charge in [-0.15, -0.1) is 0 Å². The van der Waals surface area contributed by atoms with Crippen LogP contribution >= 0.6 is 0 Å². The number of nitrogens with zero attached hydrogens (tertiary/aromatic N) is 4. The zero-order valence-corrected chi connectivity index (χ0v) is 16.4. The Bertz CT molecular complexity index is 1060. The van der Waals surface area contributed by atoms with Crippen molar-refractivity contribution in [3.8, 4) is 22.5 Å².